The van der Waals surface area contributed by atoms with Gasteiger partial charge in [0, 0.05) is 12.2 Å². The third-order valence-corrected chi connectivity index (χ3v) is 3.45. The zero-order valence-corrected chi connectivity index (χ0v) is 11.5. The van der Waals surface area contributed by atoms with E-state index >= 15 is 0 Å². The Morgan fingerprint density at radius 2 is 2.11 bits per heavy atom. The van der Waals surface area contributed by atoms with Crippen molar-refractivity contribution in [3.8, 4) is 0 Å². The van der Waals surface area contributed by atoms with Gasteiger partial charge in [-0.25, -0.2) is 4.39 Å². The summed E-state index contributed by atoms with van der Waals surface area (Å²) in [4.78, 5) is 13.6. The lowest BCUT2D eigenvalue weighted by atomic mass is 10.1. The van der Waals surface area contributed by atoms with Gasteiger partial charge in [-0.15, -0.1) is 0 Å². The highest BCUT2D eigenvalue weighted by atomic mass is 35.5. The Balaban J connectivity index is 1.96. The Kier molecular flexibility index (Phi) is 5.16. The number of hydrogen-bond donors (Lipinski definition) is 1. The molecule has 1 heterocycles. The van der Waals surface area contributed by atoms with Crippen LogP contribution < -0.4 is 5.32 Å². The number of piperidine rings is 1. The molecule has 0 saturated carbocycles. The highest BCUT2D eigenvalue weighted by Gasteiger charge is 2.14. The third kappa shape index (κ3) is 4.48. The molecule has 1 unspecified atom stereocenters. The van der Waals surface area contributed by atoms with Crippen LogP contribution in [0.1, 0.15) is 24.8 Å². The standard InChI is InChI=1S/C14H18ClFN2O/c15-13(16)14(19)17-12-6-4-5-11(9-12)10-18-7-2-1-3-8-18/h4-6,9,13H,1-3,7-8,10H2,(H,17,19). The SMILES string of the molecule is O=C(Nc1cccc(CN2CCCCC2)c1)C(F)Cl. The first kappa shape index (κ1) is 14.3. The molecule has 0 aliphatic carbocycles. The van der Waals surface area contributed by atoms with Gasteiger partial charge >= 0.3 is 0 Å². The van der Waals surface area contributed by atoms with Gasteiger partial charge in [-0.2, -0.15) is 0 Å². The molecule has 2 rings (SSSR count). The van der Waals surface area contributed by atoms with E-state index < -0.39 is 11.5 Å². The highest BCUT2D eigenvalue weighted by Crippen LogP contribution is 2.16. The Hall–Kier alpha value is -1.13. The predicted molar refractivity (Wildman–Crippen MR) is 74.9 cm³/mol. The molecule has 0 aromatic heterocycles. The minimum atomic E-state index is -2.01. The summed E-state index contributed by atoms with van der Waals surface area (Å²) in [6, 6.07) is 7.47. The normalized spacial score (nSPS) is 18.0. The maximum Gasteiger partial charge on any atom is 0.274 e. The van der Waals surface area contributed by atoms with E-state index in [1.165, 1.54) is 19.3 Å². The maximum atomic E-state index is 12.6. The summed E-state index contributed by atoms with van der Waals surface area (Å²) in [6.07, 6.45) is 3.79. The van der Waals surface area contributed by atoms with Gasteiger partial charge in [0.15, 0.2) is 0 Å². The lowest BCUT2D eigenvalue weighted by Crippen LogP contribution is -2.29. The third-order valence-electron chi connectivity index (χ3n) is 3.25. The summed E-state index contributed by atoms with van der Waals surface area (Å²) in [6.45, 7) is 3.10. The number of nitrogens with one attached hydrogen (secondary N) is 1. The summed E-state index contributed by atoms with van der Waals surface area (Å²) < 4.78 is 12.6. The summed E-state index contributed by atoms with van der Waals surface area (Å²) in [7, 11) is 0. The first-order chi connectivity index (χ1) is 9.15. The van der Waals surface area contributed by atoms with Gasteiger partial charge < -0.3 is 5.32 Å². The average molecular weight is 285 g/mol. The molecule has 19 heavy (non-hydrogen) atoms. The topological polar surface area (TPSA) is 32.3 Å². The first-order valence-electron chi connectivity index (χ1n) is 6.55. The molecule has 0 bridgehead atoms. The Bertz CT molecular complexity index is 433. The van der Waals surface area contributed by atoms with Gasteiger partial charge in [-0.05, 0) is 43.6 Å². The molecule has 0 spiro atoms. The second kappa shape index (κ2) is 6.87. The molecule has 1 N–H and O–H groups in total. The number of alkyl halides is 2. The van der Waals surface area contributed by atoms with E-state index in [4.69, 9.17) is 11.6 Å². The van der Waals surface area contributed by atoms with Crippen LogP contribution in [0.3, 0.4) is 0 Å². The van der Waals surface area contributed by atoms with Crippen molar-refractivity contribution in [1.29, 1.82) is 0 Å². The van der Waals surface area contributed by atoms with E-state index in [9.17, 15) is 9.18 Å². The number of halogens is 2. The Morgan fingerprint density at radius 3 is 2.79 bits per heavy atom. The van der Waals surface area contributed by atoms with Crippen molar-refractivity contribution in [3.63, 3.8) is 0 Å². The fourth-order valence-electron chi connectivity index (χ4n) is 2.32. The molecule has 1 amide bonds. The van der Waals surface area contributed by atoms with Crippen LogP contribution >= 0.6 is 11.6 Å². The molecule has 1 aliphatic heterocycles. The van der Waals surface area contributed by atoms with Gasteiger partial charge in [0.25, 0.3) is 11.5 Å². The van der Waals surface area contributed by atoms with Crippen molar-refractivity contribution < 1.29 is 9.18 Å². The number of nitrogens with zero attached hydrogens (tertiary/aromatic N) is 1. The van der Waals surface area contributed by atoms with Crippen molar-refractivity contribution in [2.45, 2.75) is 31.4 Å². The molecular weight excluding hydrogens is 267 g/mol. The number of likely N-dealkylation sites (tertiary alicyclic amines) is 1. The van der Waals surface area contributed by atoms with Crippen LogP contribution in [0.4, 0.5) is 10.1 Å². The maximum absolute atomic E-state index is 12.6. The number of carbonyl (C=O) groups excluding carboxylic acids is 1. The molecule has 1 atom stereocenters. The van der Waals surface area contributed by atoms with Gasteiger partial charge in [-0.3, -0.25) is 9.69 Å². The molecule has 0 radical (unpaired) electrons. The van der Waals surface area contributed by atoms with Crippen molar-refractivity contribution in [3.05, 3.63) is 29.8 Å². The number of anilines is 1. The number of carbonyl (C=O) groups is 1. The van der Waals surface area contributed by atoms with E-state index in [-0.39, 0.29) is 0 Å². The van der Waals surface area contributed by atoms with Crippen molar-refractivity contribution in [2.75, 3.05) is 18.4 Å². The van der Waals surface area contributed by atoms with Gasteiger partial charge in [0.1, 0.15) is 0 Å². The minimum Gasteiger partial charge on any atom is -0.322 e. The summed E-state index contributed by atoms with van der Waals surface area (Å²) in [5, 5.41) is 2.45. The van der Waals surface area contributed by atoms with E-state index in [2.05, 4.69) is 10.2 Å². The predicted octanol–water partition coefficient (Wildman–Crippen LogP) is 3.15. The molecule has 5 heteroatoms. The molecule has 1 aromatic carbocycles. The Labute approximate surface area is 117 Å². The second-order valence-corrected chi connectivity index (χ2v) is 5.21. The number of hydrogen-bond acceptors (Lipinski definition) is 2. The van der Waals surface area contributed by atoms with Gasteiger partial charge in [0.2, 0.25) is 0 Å². The molecule has 1 aliphatic rings. The quantitative estimate of drug-likeness (QED) is 0.862. The number of benzene rings is 1. The summed E-state index contributed by atoms with van der Waals surface area (Å²) >= 11 is 5.09. The zero-order valence-electron chi connectivity index (χ0n) is 10.7. The van der Waals surface area contributed by atoms with Crippen LogP contribution in [0, 0.1) is 0 Å². The molecular formula is C14H18ClFN2O. The molecule has 1 aromatic rings. The van der Waals surface area contributed by atoms with Crippen LogP contribution in [0.5, 0.6) is 0 Å². The van der Waals surface area contributed by atoms with Crippen molar-refractivity contribution >= 4 is 23.2 Å². The smallest absolute Gasteiger partial charge is 0.274 e. The van der Waals surface area contributed by atoms with Gasteiger partial charge in [-0.1, -0.05) is 30.2 Å². The average Bonchev–Trinajstić information content (AvgIpc) is 2.40. The van der Waals surface area contributed by atoms with Crippen LogP contribution in [0.25, 0.3) is 0 Å². The highest BCUT2D eigenvalue weighted by molar-refractivity contribution is 6.31. The second-order valence-electron chi connectivity index (χ2n) is 4.83. The number of amides is 1. The van der Waals surface area contributed by atoms with Crippen LogP contribution in [-0.4, -0.2) is 29.5 Å². The van der Waals surface area contributed by atoms with E-state index in [0.717, 1.165) is 25.2 Å². The van der Waals surface area contributed by atoms with Crippen LogP contribution in [0.15, 0.2) is 24.3 Å². The fourth-order valence-corrected chi connectivity index (χ4v) is 2.37. The lowest BCUT2D eigenvalue weighted by Gasteiger charge is -2.26. The Morgan fingerprint density at radius 1 is 1.37 bits per heavy atom. The zero-order chi connectivity index (χ0) is 13.7. The van der Waals surface area contributed by atoms with Crippen molar-refractivity contribution in [2.24, 2.45) is 0 Å². The lowest BCUT2D eigenvalue weighted by molar-refractivity contribution is -0.118. The largest absolute Gasteiger partial charge is 0.322 e. The number of rotatable bonds is 4. The minimum absolute atomic E-state index is 0.586. The fraction of sp³-hybridized carbons (Fsp3) is 0.500. The summed E-state index contributed by atoms with van der Waals surface area (Å²) in [5.41, 5.74) is -0.307. The van der Waals surface area contributed by atoms with Gasteiger partial charge in [0.05, 0.1) is 0 Å². The molecule has 3 nitrogen and oxygen atoms in total. The molecule has 1 saturated heterocycles. The monoisotopic (exact) mass is 284 g/mol. The van der Waals surface area contributed by atoms with E-state index in [0.29, 0.717) is 5.69 Å². The van der Waals surface area contributed by atoms with E-state index in [1.807, 2.05) is 18.2 Å². The molecule has 1 fully saturated rings. The summed E-state index contributed by atoms with van der Waals surface area (Å²) in [5.74, 6) is -0.822. The molecule has 104 valence electrons. The van der Waals surface area contributed by atoms with Crippen LogP contribution in [0.2, 0.25) is 0 Å². The van der Waals surface area contributed by atoms with Crippen LogP contribution in [-0.2, 0) is 11.3 Å². The van der Waals surface area contributed by atoms with E-state index in [1.54, 1.807) is 6.07 Å². The first-order valence-corrected chi connectivity index (χ1v) is 6.99. The van der Waals surface area contributed by atoms with Crippen molar-refractivity contribution in [1.82, 2.24) is 4.90 Å².